The van der Waals surface area contributed by atoms with Crippen molar-refractivity contribution >= 4 is 32.7 Å². The summed E-state index contributed by atoms with van der Waals surface area (Å²) in [6.07, 6.45) is 2.23. The lowest BCUT2D eigenvalue weighted by molar-refractivity contribution is 0.637. The third kappa shape index (κ3) is 2.03. The van der Waals surface area contributed by atoms with Crippen LogP contribution in [-0.4, -0.2) is 9.55 Å². The van der Waals surface area contributed by atoms with E-state index in [4.69, 9.17) is 5.73 Å². The van der Waals surface area contributed by atoms with E-state index in [2.05, 4.69) is 25.5 Å². The van der Waals surface area contributed by atoms with Crippen molar-refractivity contribution in [3.63, 3.8) is 0 Å². The summed E-state index contributed by atoms with van der Waals surface area (Å²) < 4.78 is 17.0. The Balaban J connectivity index is 2.01. The van der Waals surface area contributed by atoms with Crippen LogP contribution < -0.4 is 5.73 Å². The van der Waals surface area contributed by atoms with Crippen molar-refractivity contribution < 1.29 is 4.39 Å². The van der Waals surface area contributed by atoms with E-state index in [-0.39, 0.29) is 5.82 Å². The van der Waals surface area contributed by atoms with E-state index < -0.39 is 0 Å². The van der Waals surface area contributed by atoms with E-state index in [1.165, 1.54) is 6.07 Å². The molecule has 1 heterocycles. The molecule has 0 saturated heterocycles. The van der Waals surface area contributed by atoms with Crippen molar-refractivity contribution in [2.24, 2.45) is 0 Å². The summed E-state index contributed by atoms with van der Waals surface area (Å²) in [6.45, 7) is 0. The molecule has 0 atom stereocenters. The summed E-state index contributed by atoms with van der Waals surface area (Å²) in [5, 5.41) is 0. The Morgan fingerprint density at radius 3 is 2.76 bits per heavy atom. The van der Waals surface area contributed by atoms with Gasteiger partial charge < -0.3 is 10.3 Å². The van der Waals surface area contributed by atoms with Crippen molar-refractivity contribution in [1.82, 2.24) is 9.55 Å². The van der Waals surface area contributed by atoms with Gasteiger partial charge in [-0.3, -0.25) is 0 Å². The number of nitrogens with two attached hydrogens (primary N) is 1. The average molecular weight is 346 g/mol. The fourth-order valence-electron chi connectivity index (χ4n) is 2.66. The molecule has 2 N–H and O–H groups in total. The van der Waals surface area contributed by atoms with Crippen LogP contribution in [0.5, 0.6) is 0 Å². The molecule has 3 aromatic rings. The number of imidazole rings is 1. The topological polar surface area (TPSA) is 43.8 Å². The molecule has 1 aliphatic rings. The van der Waals surface area contributed by atoms with Gasteiger partial charge >= 0.3 is 0 Å². The molecule has 0 spiro atoms. The standard InChI is InChI=1S/C16H13BrFN3/c17-11-8-9(4-7-13(11)19)16-20-15-12(18)2-1-3-14(15)21(16)10-5-6-10/h1-4,7-8,10H,5-6,19H2. The minimum Gasteiger partial charge on any atom is -0.398 e. The van der Waals surface area contributed by atoms with Crippen molar-refractivity contribution in [3.8, 4) is 11.4 Å². The fraction of sp³-hybridized carbons (Fsp3) is 0.188. The predicted molar refractivity (Wildman–Crippen MR) is 85.5 cm³/mol. The molecule has 1 fully saturated rings. The molecule has 3 nitrogen and oxygen atoms in total. The minimum atomic E-state index is -0.275. The first-order valence-electron chi connectivity index (χ1n) is 6.87. The number of fused-ring (bicyclic) bond motifs is 1. The molecule has 1 saturated carbocycles. The number of halogens is 2. The number of benzene rings is 2. The molecular formula is C16H13BrFN3. The normalized spacial score (nSPS) is 14.8. The van der Waals surface area contributed by atoms with Gasteiger partial charge in [-0.05, 0) is 59.1 Å². The Labute approximate surface area is 129 Å². The zero-order valence-electron chi connectivity index (χ0n) is 11.2. The maximum Gasteiger partial charge on any atom is 0.151 e. The van der Waals surface area contributed by atoms with Gasteiger partial charge in [-0.1, -0.05) is 6.07 Å². The van der Waals surface area contributed by atoms with Crippen LogP contribution in [0.2, 0.25) is 0 Å². The van der Waals surface area contributed by atoms with Gasteiger partial charge in [-0.25, -0.2) is 9.37 Å². The summed E-state index contributed by atoms with van der Waals surface area (Å²) in [4.78, 5) is 4.54. The van der Waals surface area contributed by atoms with Crippen LogP contribution in [0.3, 0.4) is 0 Å². The van der Waals surface area contributed by atoms with Gasteiger partial charge in [-0.2, -0.15) is 0 Å². The number of nitrogen functional groups attached to an aromatic ring is 1. The molecule has 0 amide bonds. The molecule has 0 bridgehead atoms. The molecule has 2 aromatic carbocycles. The summed E-state index contributed by atoms with van der Waals surface area (Å²) in [5.41, 5.74) is 8.76. The molecule has 106 valence electrons. The largest absolute Gasteiger partial charge is 0.398 e. The van der Waals surface area contributed by atoms with Crippen LogP contribution in [0.1, 0.15) is 18.9 Å². The van der Waals surface area contributed by atoms with Crippen LogP contribution >= 0.6 is 15.9 Å². The van der Waals surface area contributed by atoms with Gasteiger partial charge in [0.2, 0.25) is 0 Å². The smallest absolute Gasteiger partial charge is 0.151 e. The highest BCUT2D eigenvalue weighted by Gasteiger charge is 2.29. The average Bonchev–Trinajstić information content (AvgIpc) is 3.22. The Morgan fingerprint density at radius 2 is 2.05 bits per heavy atom. The van der Waals surface area contributed by atoms with Crippen LogP contribution in [-0.2, 0) is 0 Å². The molecule has 4 rings (SSSR count). The quantitative estimate of drug-likeness (QED) is 0.693. The monoisotopic (exact) mass is 345 g/mol. The molecule has 0 radical (unpaired) electrons. The second kappa shape index (κ2) is 4.56. The SMILES string of the molecule is Nc1ccc(-c2nc3c(F)cccc3n2C2CC2)cc1Br. The Hall–Kier alpha value is -1.88. The second-order valence-electron chi connectivity index (χ2n) is 5.38. The summed E-state index contributed by atoms with van der Waals surface area (Å²) in [5.74, 6) is 0.529. The highest BCUT2D eigenvalue weighted by Crippen LogP contribution is 2.42. The lowest BCUT2D eigenvalue weighted by atomic mass is 10.2. The van der Waals surface area contributed by atoms with Gasteiger partial charge in [0.15, 0.2) is 5.82 Å². The molecule has 5 heteroatoms. The number of nitrogens with zero attached hydrogens (tertiary/aromatic N) is 2. The zero-order chi connectivity index (χ0) is 14.6. The highest BCUT2D eigenvalue weighted by atomic mass is 79.9. The molecule has 21 heavy (non-hydrogen) atoms. The predicted octanol–water partition coefficient (Wildman–Crippen LogP) is 4.52. The van der Waals surface area contributed by atoms with Crippen molar-refractivity contribution in [1.29, 1.82) is 0 Å². The maximum atomic E-state index is 14.0. The Kier molecular flexibility index (Phi) is 2.79. The van der Waals surface area contributed by atoms with Crippen molar-refractivity contribution in [2.75, 3.05) is 5.73 Å². The van der Waals surface area contributed by atoms with Crippen LogP contribution in [0, 0.1) is 5.82 Å². The maximum absolute atomic E-state index is 14.0. The number of aromatic nitrogens is 2. The lowest BCUT2D eigenvalue weighted by Crippen LogP contribution is -1.98. The van der Waals surface area contributed by atoms with Gasteiger partial charge in [0.1, 0.15) is 11.3 Å². The Morgan fingerprint density at radius 1 is 1.24 bits per heavy atom. The van der Waals surface area contributed by atoms with Gasteiger partial charge in [0.05, 0.1) is 5.52 Å². The first-order chi connectivity index (χ1) is 10.1. The number of para-hydroxylation sites is 1. The summed E-state index contributed by atoms with van der Waals surface area (Å²) in [6, 6.07) is 11.2. The van der Waals surface area contributed by atoms with Crippen molar-refractivity contribution in [3.05, 3.63) is 46.7 Å². The fourth-order valence-corrected chi connectivity index (χ4v) is 3.03. The molecule has 1 aliphatic carbocycles. The van der Waals surface area contributed by atoms with E-state index in [1.807, 2.05) is 24.3 Å². The number of anilines is 1. The number of hydrogen-bond acceptors (Lipinski definition) is 2. The van der Waals surface area contributed by atoms with Gasteiger partial charge in [0.25, 0.3) is 0 Å². The van der Waals surface area contributed by atoms with E-state index >= 15 is 0 Å². The number of rotatable bonds is 2. The van der Waals surface area contributed by atoms with Gasteiger partial charge in [-0.15, -0.1) is 0 Å². The summed E-state index contributed by atoms with van der Waals surface area (Å²) in [7, 11) is 0. The van der Waals surface area contributed by atoms with Crippen molar-refractivity contribution in [2.45, 2.75) is 18.9 Å². The number of hydrogen-bond donors (Lipinski definition) is 1. The zero-order valence-corrected chi connectivity index (χ0v) is 12.8. The van der Waals surface area contributed by atoms with E-state index in [0.29, 0.717) is 17.2 Å². The molecule has 0 aliphatic heterocycles. The van der Waals surface area contributed by atoms with E-state index in [9.17, 15) is 4.39 Å². The van der Waals surface area contributed by atoms with Crippen LogP contribution in [0.15, 0.2) is 40.9 Å². The minimum absolute atomic E-state index is 0.275. The highest BCUT2D eigenvalue weighted by molar-refractivity contribution is 9.10. The van der Waals surface area contributed by atoms with E-state index in [1.54, 1.807) is 6.07 Å². The molecule has 1 aromatic heterocycles. The molecule has 0 unspecified atom stereocenters. The third-order valence-corrected chi connectivity index (χ3v) is 4.53. The lowest BCUT2D eigenvalue weighted by Gasteiger charge is -2.08. The van der Waals surface area contributed by atoms with Gasteiger partial charge in [0, 0.05) is 21.8 Å². The first kappa shape index (κ1) is 12.8. The third-order valence-electron chi connectivity index (χ3n) is 3.84. The summed E-state index contributed by atoms with van der Waals surface area (Å²) >= 11 is 3.44. The Bertz CT molecular complexity index is 852. The van der Waals surface area contributed by atoms with Crippen LogP contribution in [0.25, 0.3) is 22.4 Å². The first-order valence-corrected chi connectivity index (χ1v) is 7.66. The molecular weight excluding hydrogens is 333 g/mol. The van der Waals surface area contributed by atoms with E-state index in [0.717, 1.165) is 34.2 Å². The van der Waals surface area contributed by atoms with Crippen LogP contribution in [0.4, 0.5) is 10.1 Å². The second-order valence-corrected chi connectivity index (χ2v) is 6.23.